The van der Waals surface area contributed by atoms with Crippen LogP contribution in [0.5, 0.6) is 11.5 Å². The lowest BCUT2D eigenvalue weighted by atomic mass is 10.1. The highest BCUT2D eigenvalue weighted by Crippen LogP contribution is 2.35. The van der Waals surface area contributed by atoms with E-state index < -0.39 is 0 Å². The van der Waals surface area contributed by atoms with Gasteiger partial charge in [-0.15, -0.1) is 11.6 Å². The van der Waals surface area contributed by atoms with Gasteiger partial charge in [0.1, 0.15) is 11.5 Å². The maximum absolute atomic E-state index is 6.17. The molecule has 2 aromatic rings. The fraction of sp³-hybridized carbons (Fsp3) is 0.524. The summed E-state index contributed by atoms with van der Waals surface area (Å²) in [5.74, 6) is 2.55. The van der Waals surface area contributed by atoms with Crippen molar-refractivity contribution in [2.75, 3.05) is 12.5 Å². The normalized spacial score (nSPS) is 12.3. The molecule has 0 heterocycles. The molecule has 0 amide bonds. The maximum Gasteiger partial charge on any atom is 0.127 e. The molecule has 0 N–H and O–H groups in total. The van der Waals surface area contributed by atoms with E-state index >= 15 is 0 Å². The van der Waals surface area contributed by atoms with Gasteiger partial charge in [0.15, 0.2) is 0 Å². The van der Waals surface area contributed by atoms with Crippen LogP contribution in [0.15, 0.2) is 30.3 Å². The van der Waals surface area contributed by atoms with Crippen molar-refractivity contribution >= 4 is 22.4 Å². The quantitative estimate of drug-likeness (QED) is 0.360. The number of hydrogen-bond donors (Lipinski definition) is 0. The Morgan fingerprint density at radius 2 is 1.79 bits per heavy atom. The van der Waals surface area contributed by atoms with E-state index in [4.69, 9.17) is 21.1 Å². The molecule has 0 aliphatic heterocycles. The number of hydrogen-bond acceptors (Lipinski definition) is 2. The number of aryl methyl sites for hydroxylation is 1. The molecular formula is C21H29ClO2. The number of halogens is 1. The number of ether oxygens (including phenoxy) is 2. The van der Waals surface area contributed by atoms with Crippen LogP contribution >= 0.6 is 11.6 Å². The summed E-state index contributed by atoms with van der Waals surface area (Å²) in [6.07, 6.45) is 5.60. The first kappa shape index (κ1) is 18.9. The zero-order chi connectivity index (χ0) is 17.4. The van der Waals surface area contributed by atoms with Crippen LogP contribution < -0.4 is 9.47 Å². The maximum atomic E-state index is 6.17. The molecule has 0 aliphatic carbocycles. The number of fused-ring (bicyclic) bond motifs is 1. The molecule has 0 bridgehead atoms. The van der Waals surface area contributed by atoms with E-state index in [1.807, 2.05) is 12.1 Å². The van der Waals surface area contributed by atoms with E-state index in [0.29, 0.717) is 5.88 Å². The third-order valence-electron chi connectivity index (χ3n) is 4.17. The van der Waals surface area contributed by atoms with Crippen LogP contribution in [0, 0.1) is 6.92 Å². The van der Waals surface area contributed by atoms with Gasteiger partial charge in [-0.25, -0.2) is 0 Å². The Balaban J connectivity index is 2.21. The van der Waals surface area contributed by atoms with Crippen LogP contribution in [0.25, 0.3) is 10.8 Å². The molecule has 1 unspecified atom stereocenters. The van der Waals surface area contributed by atoms with Gasteiger partial charge in [0.05, 0.1) is 12.7 Å². The minimum atomic E-state index is 0.156. The van der Waals surface area contributed by atoms with Crippen molar-refractivity contribution in [3.8, 4) is 11.5 Å². The second-order valence-electron chi connectivity index (χ2n) is 6.43. The molecule has 24 heavy (non-hydrogen) atoms. The monoisotopic (exact) mass is 348 g/mol. The van der Waals surface area contributed by atoms with Crippen molar-refractivity contribution in [1.82, 2.24) is 0 Å². The molecule has 2 aromatic carbocycles. The predicted molar refractivity (Wildman–Crippen MR) is 104 cm³/mol. The van der Waals surface area contributed by atoms with Gasteiger partial charge >= 0.3 is 0 Å². The van der Waals surface area contributed by atoms with Gasteiger partial charge in [0, 0.05) is 16.7 Å². The van der Waals surface area contributed by atoms with Gasteiger partial charge in [-0.05, 0) is 51.3 Å². The molecule has 0 fully saturated rings. The summed E-state index contributed by atoms with van der Waals surface area (Å²) in [6, 6.07) is 10.5. The molecular weight excluding hydrogens is 320 g/mol. The molecule has 2 rings (SSSR count). The molecule has 1 atom stereocenters. The Kier molecular flexibility index (Phi) is 7.71. The standard InChI is InChI=1S/C21H29ClO2/c1-4-5-6-14-23-20-11-12-21(24-17(3)8-7-13-22)19-15-16(2)9-10-18(19)20/h9-12,15,17H,4-8,13-14H2,1-3H3. The Hall–Kier alpha value is -1.41. The predicted octanol–water partition coefficient (Wildman–Crippen LogP) is 6.50. The molecule has 0 aromatic heterocycles. The fourth-order valence-electron chi connectivity index (χ4n) is 2.81. The minimum Gasteiger partial charge on any atom is -0.493 e. The van der Waals surface area contributed by atoms with Crippen molar-refractivity contribution in [3.63, 3.8) is 0 Å². The summed E-state index contributed by atoms with van der Waals surface area (Å²) in [4.78, 5) is 0. The first-order valence-electron chi connectivity index (χ1n) is 9.04. The number of alkyl halides is 1. The van der Waals surface area contributed by atoms with Gasteiger partial charge in [0.2, 0.25) is 0 Å². The summed E-state index contributed by atoms with van der Waals surface area (Å²) >= 11 is 5.78. The van der Waals surface area contributed by atoms with Gasteiger partial charge in [-0.2, -0.15) is 0 Å². The van der Waals surface area contributed by atoms with E-state index in [-0.39, 0.29) is 6.10 Å². The lowest BCUT2D eigenvalue weighted by molar-refractivity contribution is 0.212. The number of benzene rings is 2. The average molecular weight is 349 g/mol. The van der Waals surface area contributed by atoms with E-state index in [1.165, 1.54) is 18.4 Å². The molecule has 2 nitrogen and oxygen atoms in total. The van der Waals surface area contributed by atoms with Crippen molar-refractivity contribution in [2.45, 2.75) is 59.0 Å². The third kappa shape index (κ3) is 5.31. The van der Waals surface area contributed by atoms with Crippen molar-refractivity contribution in [2.24, 2.45) is 0 Å². The van der Waals surface area contributed by atoms with Crippen LogP contribution in [0.4, 0.5) is 0 Å². The lowest BCUT2D eigenvalue weighted by Gasteiger charge is -2.18. The van der Waals surface area contributed by atoms with Crippen LogP contribution in [-0.4, -0.2) is 18.6 Å². The SMILES string of the molecule is CCCCCOc1ccc(OC(C)CCCCl)c2cc(C)ccc12. The smallest absolute Gasteiger partial charge is 0.127 e. The number of rotatable bonds is 10. The van der Waals surface area contributed by atoms with Crippen LogP contribution in [0.3, 0.4) is 0 Å². The molecule has 0 saturated carbocycles. The highest BCUT2D eigenvalue weighted by Gasteiger charge is 2.11. The van der Waals surface area contributed by atoms with E-state index in [9.17, 15) is 0 Å². The van der Waals surface area contributed by atoms with Crippen molar-refractivity contribution in [3.05, 3.63) is 35.9 Å². The zero-order valence-corrected chi connectivity index (χ0v) is 15.9. The molecule has 0 saturated heterocycles. The molecule has 3 heteroatoms. The largest absolute Gasteiger partial charge is 0.493 e. The first-order chi connectivity index (χ1) is 11.7. The second-order valence-corrected chi connectivity index (χ2v) is 6.80. The van der Waals surface area contributed by atoms with E-state index in [0.717, 1.165) is 48.1 Å². The van der Waals surface area contributed by atoms with E-state index in [1.54, 1.807) is 0 Å². The minimum absolute atomic E-state index is 0.156. The van der Waals surface area contributed by atoms with Crippen LogP contribution in [0.2, 0.25) is 0 Å². The Bertz CT molecular complexity index is 639. The van der Waals surface area contributed by atoms with Gasteiger partial charge in [0.25, 0.3) is 0 Å². The van der Waals surface area contributed by atoms with Crippen molar-refractivity contribution in [1.29, 1.82) is 0 Å². The molecule has 0 aliphatic rings. The van der Waals surface area contributed by atoms with Gasteiger partial charge < -0.3 is 9.47 Å². The Morgan fingerprint density at radius 1 is 1.00 bits per heavy atom. The van der Waals surface area contributed by atoms with Gasteiger partial charge in [-0.1, -0.05) is 37.5 Å². The number of unbranched alkanes of at least 4 members (excludes halogenated alkanes) is 2. The first-order valence-corrected chi connectivity index (χ1v) is 9.58. The lowest BCUT2D eigenvalue weighted by Crippen LogP contribution is -2.12. The highest BCUT2D eigenvalue weighted by atomic mass is 35.5. The molecule has 0 spiro atoms. The van der Waals surface area contributed by atoms with Crippen LogP contribution in [-0.2, 0) is 0 Å². The van der Waals surface area contributed by atoms with E-state index in [2.05, 4.69) is 39.0 Å². The summed E-state index contributed by atoms with van der Waals surface area (Å²) in [6.45, 7) is 7.18. The Morgan fingerprint density at radius 3 is 2.54 bits per heavy atom. The highest BCUT2D eigenvalue weighted by molar-refractivity contribution is 6.17. The zero-order valence-electron chi connectivity index (χ0n) is 15.1. The summed E-state index contributed by atoms with van der Waals surface area (Å²) in [5, 5.41) is 2.25. The second kappa shape index (κ2) is 9.78. The van der Waals surface area contributed by atoms with Gasteiger partial charge in [-0.3, -0.25) is 0 Å². The average Bonchev–Trinajstić information content (AvgIpc) is 2.58. The fourth-order valence-corrected chi connectivity index (χ4v) is 2.97. The van der Waals surface area contributed by atoms with Crippen LogP contribution in [0.1, 0.15) is 51.5 Å². The molecule has 0 radical (unpaired) electrons. The summed E-state index contributed by atoms with van der Waals surface area (Å²) in [7, 11) is 0. The summed E-state index contributed by atoms with van der Waals surface area (Å²) < 4.78 is 12.2. The van der Waals surface area contributed by atoms with Crippen molar-refractivity contribution < 1.29 is 9.47 Å². The topological polar surface area (TPSA) is 18.5 Å². The third-order valence-corrected chi connectivity index (χ3v) is 4.44. The molecule has 132 valence electrons. The Labute approximate surface area is 151 Å². The summed E-state index contributed by atoms with van der Waals surface area (Å²) in [5.41, 5.74) is 1.23.